The molecule has 3 N–H and O–H groups in total. The second-order valence-electron chi connectivity index (χ2n) is 7.12. The standard InChI is InChI=1S/C21H22N4O3/c26-16-7-9-25(13-16)12-15-5-3-14(4-6-15)11-23-21(28)18-10-19(27)24-20-17(18)2-1-8-22-20/h1-6,8,10,16,26H,7,9,11-13H2,(H,23,28)(H,22,24,27). The Morgan fingerprint density at radius 2 is 2.04 bits per heavy atom. The van der Waals surface area contributed by atoms with Crippen molar-refractivity contribution in [2.24, 2.45) is 0 Å². The first-order valence-electron chi connectivity index (χ1n) is 9.33. The van der Waals surface area contributed by atoms with Crippen LogP contribution in [0.15, 0.2) is 53.5 Å². The molecular weight excluding hydrogens is 356 g/mol. The number of pyridine rings is 2. The molecule has 1 atom stereocenters. The van der Waals surface area contributed by atoms with E-state index in [0.717, 1.165) is 31.6 Å². The quantitative estimate of drug-likeness (QED) is 0.624. The number of benzene rings is 1. The molecule has 0 aliphatic carbocycles. The number of amides is 1. The van der Waals surface area contributed by atoms with Crippen LogP contribution >= 0.6 is 0 Å². The van der Waals surface area contributed by atoms with Crippen LogP contribution in [0.3, 0.4) is 0 Å². The van der Waals surface area contributed by atoms with Gasteiger partial charge in [0.25, 0.3) is 5.91 Å². The van der Waals surface area contributed by atoms with Crippen molar-refractivity contribution in [3.05, 3.63) is 75.7 Å². The molecule has 0 radical (unpaired) electrons. The summed E-state index contributed by atoms with van der Waals surface area (Å²) in [5.41, 5.74) is 2.52. The lowest BCUT2D eigenvalue weighted by Crippen LogP contribution is -2.25. The number of likely N-dealkylation sites (tertiary alicyclic amines) is 1. The number of hydrogen-bond acceptors (Lipinski definition) is 5. The predicted molar refractivity (Wildman–Crippen MR) is 106 cm³/mol. The van der Waals surface area contributed by atoms with Gasteiger partial charge < -0.3 is 15.4 Å². The predicted octanol–water partition coefficient (Wildman–Crippen LogP) is 1.42. The molecule has 1 aliphatic heterocycles. The third kappa shape index (κ3) is 4.11. The lowest BCUT2D eigenvalue weighted by atomic mass is 10.1. The van der Waals surface area contributed by atoms with Gasteiger partial charge in [-0.25, -0.2) is 4.98 Å². The second-order valence-corrected chi connectivity index (χ2v) is 7.12. The van der Waals surface area contributed by atoms with Crippen molar-refractivity contribution in [1.29, 1.82) is 0 Å². The summed E-state index contributed by atoms with van der Waals surface area (Å²) in [6, 6.07) is 12.8. The molecule has 4 rings (SSSR count). The van der Waals surface area contributed by atoms with Gasteiger partial charge in [-0.3, -0.25) is 14.5 Å². The topological polar surface area (TPSA) is 98.3 Å². The maximum absolute atomic E-state index is 12.6. The van der Waals surface area contributed by atoms with E-state index in [1.165, 1.54) is 11.6 Å². The Kier molecular flexibility index (Phi) is 5.18. The number of carbonyl (C=O) groups is 1. The third-order valence-electron chi connectivity index (χ3n) is 4.99. The second kappa shape index (κ2) is 7.92. The Bertz CT molecular complexity index is 1050. The van der Waals surface area contributed by atoms with Crippen molar-refractivity contribution in [2.45, 2.75) is 25.6 Å². The highest BCUT2D eigenvalue weighted by Crippen LogP contribution is 2.15. The zero-order valence-electron chi connectivity index (χ0n) is 15.4. The van der Waals surface area contributed by atoms with Crippen LogP contribution in [0.4, 0.5) is 0 Å². The summed E-state index contributed by atoms with van der Waals surface area (Å²) in [6.07, 6.45) is 2.19. The molecule has 0 saturated carbocycles. The number of aromatic nitrogens is 2. The van der Waals surface area contributed by atoms with E-state index in [-0.39, 0.29) is 17.6 Å². The van der Waals surface area contributed by atoms with Crippen molar-refractivity contribution in [1.82, 2.24) is 20.2 Å². The molecule has 28 heavy (non-hydrogen) atoms. The normalized spacial score (nSPS) is 17.1. The van der Waals surface area contributed by atoms with E-state index in [0.29, 0.717) is 23.1 Å². The van der Waals surface area contributed by atoms with Gasteiger partial charge in [0.2, 0.25) is 5.56 Å². The molecule has 0 bridgehead atoms. The summed E-state index contributed by atoms with van der Waals surface area (Å²) < 4.78 is 0. The van der Waals surface area contributed by atoms with Gasteiger partial charge in [-0.05, 0) is 29.7 Å². The molecule has 1 unspecified atom stereocenters. The summed E-state index contributed by atoms with van der Waals surface area (Å²) in [4.78, 5) is 33.3. The number of H-pyrrole nitrogens is 1. The van der Waals surface area contributed by atoms with E-state index in [4.69, 9.17) is 0 Å². The van der Waals surface area contributed by atoms with Gasteiger partial charge in [-0.1, -0.05) is 24.3 Å². The molecule has 0 spiro atoms. The van der Waals surface area contributed by atoms with Crippen LogP contribution in [0.25, 0.3) is 11.0 Å². The number of fused-ring (bicyclic) bond motifs is 1. The molecule has 1 aromatic carbocycles. The number of nitrogens with one attached hydrogen (secondary N) is 2. The van der Waals surface area contributed by atoms with E-state index < -0.39 is 0 Å². The Morgan fingerprint density at radius 3 is 2.79 bits per heavy atom. The van der Waals surface area contributed by atoms with E-state index >= 15 is 0 Å². The van der Waals surface area contributed by atoms with Gasteiger partial charge in [0, 0.05) is 43.8 Å². The first-order chi connectivity index (χ1) is 13.6. The monoisotopic (exact) mass is 378 g/mol. The molecule has 1 aliphatic rings. The molecule has 7 heteroatoms. The molecule has 3 aromatic rings. The zero-order valence-corrected chi connectivity index (χ0v) is 15.4. The van der Waals surface area contributed by atoms with Crippen molar-refractivity contribution in [3.8, 4) is 0 Å². The van der Waals surface area contributed by atoms with E-state index in [1.54, 1.807) is 18.3 Å². The van der Waals surface area contributed by atoms with Gasteiger partial charge >= 0.3 is 0 Å². The van der Waals surface area contributed by atoms with E-state index in [2.05, 4.69) is 20.2 Å². The molecule has 3 heterocycles. The first-order valence-corrected chi connectivity index (χ1v) is 9.33. The number of carbonyl (C=O) groups excluding carboxylic acids is 1. The molecule has 2 aromatic heterocycles. The van der Waals surface area contributed by atoms with Crippen molar-refractivity contribution in [2.75, 3.05) is 13.1 Å². The maximum Gasteiger partial charge on any atom is 0.252 e. The lowest BCUT2D eigenvalue weighted by Gasteiger charge is -2.15. The minimum atomic E-state index is -0.354. The van der Waals surface area contributed by atoms with Gasteiger partial charge in [-0.2, -0.15) is 0 Å². The summed E-state index contributed by atoms with van der Waals surface area (Å²) in [5.74, 6) is -0.306. The zero-order chi connectivity index (χ0) is 19.5. The highest BCUT2D eigenvalue weighted by molar-refractivity contribution is 6.05. The third-order valence-corrected chi connectivity index (χ3v) is 4.99. The van der Waals surface area contributed by atoms with Crippen LogP contribution in [0.1, 0.15) is 27.9 Å². The minimum absolute atomic E-state index is 0.217. The number of aliphatic hydroxyl groups is 1. The summed E-state index contributed by atoms with van der Waals surface area (Å²) in [7, 11) is 0. The smallest absolute Gasteiger partial charge is 0.252 e. The fraction of sp³-hybridized carbons (Fsp3) is 0.286. The Hall–Kier alpha value is -3.03. The van der Waals surface area contributed by atoms with Crippen molar-refractivity contribution < 1.29 is 9.90 Å². The van der Waals surface area contributed by atoms with Gasteiger partial charge in [-0.15, -0.1) is 0 Å². The summed E-state index contributed by atoms with van der Waals surface area (Å²) in [5, 5.41) is 13.1. The fourth-order valence-corrected chi connectivity index (χ4v) is 3.53. The SMILES string of the molecule is O=C(NCc1ccc(CN2CCC(O)C2)cc1)c1cc(=O)[nH]c2ncccc12. The molecule has 144 valence electrons. The molecular formula is C21H22N4O3. The Balaban J connectivity index is 1.41. The minimum Gasteiger partial charge on any atom is -0.392 e. The van der Waals surface area contributed by atoms with Crippen molar-refractivity contribution in [3.63, 3.8) is 0 Å². The van der Waals surface area contributed by atoms with Gasteiger partial charge in [0.1, 0.15) is 5.65 Å². The highest BCUT2D eigenvalue weighted by atomic mass is 16.3. The van der Waals surface area contributed by atoms with Crippen LogP contribution in [0.2, 0.25) is 0 Å². The van der Waals surface area contributed by atoms with Crippen LogP contribution in [0.5, 0.6) is 0 Å². The Labute approximate surface area is 162 Å². The largest absolute Gasteiger partial charge is 0.392 e. The average molecular weight is 378 g/mol. The van der Waals surface area contributed by atoms with E-state index in [9.17, 15) is 14.7 Å². The number of aliphatic hydroxyl groups excluding tert-OH is 1. The Morgan fingerprint density at radius 1 is 1.25 bits per heavy atom. The molecule has 7 nitrogen and oxygen atoms in total. The van der Waals surface area contributed by atoms with Crippen LogP contribution < -0.4 is 10.9 Å². The first kappa shape index (κ1) is 18.3. The summed E-state index contributed by atoms with van der Waals surface area (Å²) in [6.45, 7) is 2.82. The fourth-order valence-electron chi connectivity index (χ4n) is 3.53. The van der Waals surface area contributed by atoms with Gasteiger partial charge in [0.05, 0.1) is 11.7 Å². The van der Waals surface area contributed by atoms with Crippen LogP contribution in [0, 0.1) is 0 Å². The average Bonchev–Trinajstić information content (AvgIpc) is 3.11. The van der Waals surface area contributed by atoms with Crippen LogP contribution in [-0.4, -0.2) is 45.1 Å². The number of rotatable bonds is 5. The number of nitrogens with zero attached hydrogens (tertiary/aromatic N) is 2. The molecule has 1 saturated heterocycles. The number of aromatic amines is 1. The van der Waals surface area contributed by atoms with Crippen LogP contribution in [-0.2, 0) is 13.1 Å². The highest BCUT2D eigenvalue weighted by Gasteiger charge is 2.19. The molecule has 1 fully saturated rings. The maximum atomic E-state index is 12.6. The van der Waals surface area contributed by atoms with E-state index in [1.807, 2.05) is 24.3 Å². The summed E-state index contributed by atoms with van der Waals surface area (Å²) >= 11 is 0. The van der Waals surface area contributed by atoms with Crippen molar-refractivity contribution >= 4 is 16.9 Å². The lowest BCUT2D eigenvalue weighted by molar-refractivity contribution is 0.0952. The molecule has 1 amide bonds. The number of hydrogen-bond donors (Lipinski definition) is 3. The number of β-amino-alcohol motifs (C(OH)–C–C–N with tert-alkyl or cyclic N) is 1. The van der Waals surface area contributed by atoms with Gasteiger partial charge in [0.15, 0.2) is 0 Å².